The van der Waals surface area contributed by atoms with Gasteiger partial charge in [-0.05, 0) is 24.3 Å². The molecule has 1 aromatic rings. The number of ether oxygens (including phenoxy) is 1. The van der Waals surface area contributed by atoms with E-state index in [9.17, 15) is 9.59 Å². The molecule has 0 amide bonds. The molecule has 1 heterocycles. The summed E-state index contributed by atoms with van der Waals surface area (Å²) in [6.45, 7) is 0. The zero-order chi connectivity index (χ0) is 15.1. The second-order valence-electron chi connectivity index (χ2n) is 4.06. The van der Waals surface area contributed by atoms with Crippen molar-refractivity contribution >= 4 is 40.5 Å². The summed E-state index contributed by atoms with van der Waals surface area (Å²) in [6.07, 6.45) is -1.63. The number of fused-ring (bicyclic) bond motifs is 2. The van der Waals surface area contributed by atoms with E-state index in [2.05, 4.69) is 9.72 Å². The van der Waals surface area contributed by atoms with Gasteiger partial charge in [0.25, 0.3) is 0 Å². The third-order valence-electron chi connectivity index (χ3n) is 2.68. The van der Waals surface area contributed by atoms with Crippen molar-refractivity contribution in [2.45, 2.75) is 0 Å². The van der Waals surface area contributed by atoms with Gasteiger partial charge in [-0.25, -0.2) is 9.78 Å². The molecule has 2 aliphatic rings. The Labute approximate surface area is 126 Å². The second-order valence-corrected chi connectivity index (χ2v) is 4.90. The van der Waals surface area contributed by atoms with Gasteiger partial charge in [-0.2, -0.15) is 0 Å². The predicted octanol–water partition coefficient (Wildman–Crippen LogP) is 3.66. The van der Waals surface area contributed by atoms with Crippen LogP contribution in [-0.2, 0) is 0 Å². The molecule has 3 rings (SSSR count). The van der Waals surface area contributed by atoms with Crippen LogP contribution in [0.25, 0.3) is 22.6 Å². The van der Waals surface area contributed by atoms with Crippen molar-refractivity contribution in [2.75, 3.05) is 0 Å². The number of aromatic nitrogens is 1. The molecule has 0 radical (unpaired) electrons. The highest BCUT2D eigenvalue weighted by Gasteiger charge is 2.21. The number of benzene rings is 2. The molecule has 0 atom stereocenters. The molecule has 6 nitrogen and oxygen atoms in total. The van der Waals surface area contributed by atoms with E-state index >= 15 is 0 Å². The van der Waals surface area contributed by atoms with E-state index in [-0.39, 0.29) is 22.1 Å². The Morgan fingerprint density at radius 3 is 2.76 bits per heavy atom. The number of rotatable bonds is 1. The minimum atomic E-state index is -1.63. The molecule has 0 fully saturated rings. The Bertz CT molecular complexity index is 905. The Morgan fingerprint density at radius 2 is 2.05 bits per heavy atom. The Kier molecular flexibility index (Phi) is 3.19. The summed E-state index contributed by atoms with van der Waals surface area (Å²) >= 11 is 11.9. The molecular formula is C13H5Cl2NO5. The summed E-state index contributed by atoms with van der Waals surface area (Å²) in [5.74, 6) is -0.554. The Morgan fingerprint density at radius 1 is 1.29 bits per heavy atom. The monoisotopic (exact) mass is 325 g/mol. The topological polar surface area (TPSA) is 89.6 Å². The van der Waals surface area contributed by atoms with Crippen molar-refractivity contribution in [2.24, 2.45) is 0 Å². The SMILES string of the molecule is O=C(O)Oc1c2oc3c(Cl)cc(Cl)cc3nc-2ccc1=O. The Hall–Kier alpha value is -2.31. The maximum absolute atomic E-state index is 11.7. The summed E-state index contributed by atoms with van der Waals surface area (Å²) in [5, 5.41) is 9.25. The zero-order valence-electron chi connectivity index (χ0n) is 10.1. The van der Waals surface area contributed by atoms with Crippen LogP contribution in [0, 0.1) is 0 Å². The molecule has 0 spiro atoms. The van der Waals surface area contributed by atoms with Crippen LogP contribution < -0.4 is 10.2 Å². The number of carbonyl (C=O) groups is 1. The van der Waals surface area contributed by atoms with Crippen LogP contribution in [0.4, 0.5) is 4.79 Å². The van der Waals surface area contributed by atoms with Gasteiger partial charge in [-0.3, -0.25) is 4.79 Å². The number of halogens is 2. The predicted molar refractivity (Wildman–Crippen MR) is 75.6 cm³/mol. The van der Waals surface area contributed by atoms with E-state index in [0.29, 0.717) is 10.5 Å². The molecule has 0 bridgehead atoms. The molecule has 106 valence electrons. The molecule has 0 saturated carbocycles. The lowest BCUT2D eigenvalue weighted by Crippen LogP contribution is -2.13. The highest BCUT2D eigenvalue weighted by molar-refractivity contribution is 6.38. The molecule has 1 aromatic carbocycles. The van der Waals surface area contributed by atoms with Crippen molar-refractivity contribution < 1.29 is 19.1 Å². The van der Waals surface area contributed by atoms with Gasteiger partial charge in [0, 0.05) is 5.02 Å². The normalized spacial score (nSPS) is 11.0. The third kappa shape index (κ3) is 2.39. The standard InChI is InChI=1S/C13H5Cl2NO5/c14-5-3-6(15)10-8(4-5)16-7-1-2-9(17)12(11(7)20-10)21-13(18)19/h1-4H,(H,18,19). The fourth-order valence-electron chi connectivity index (χ4n) is 1.87. The van der Waals surface area contributed by atoms with Gasteiger partial charge in [0.05, 0.1) is 5.02 Å². The fraction of sp³-hybridized carbons (Fsp3) is 0. The molecule has 21 heavy (non-hydrogen) atoms. The first kappa shape index (κ1) is 13.7. The Balaban J connectivity index is 2.40. The van der Waals surface area contributed by atoms with Gasteiger partial charge >= 0.3 is 6.16 Å². The van der Waals surface area contributed by atoms with Crippen molar-refractivity contribution in [1.29, 1.82) is 0 Å². The zero-order valence-corrected chi connectivity index (χ0v) is 11.6. The smallest absolute Gasteiger partial charge is 0.449 e. The van der Waals surface area contributed by atoms with Gasteiger partial charge in [0.2, 0.25) is 11.2 Å². The quantitative estimate of drug-likeness (QED) is 0.417. The van der Waals surface area contributed by atoms with Crippen LogP contribution in [0.15, 0.2) is 33.5 Å². The molecule has 1 aliphatic heterocycles. The molecular weight excluding hydrogens is 321 g/mol. The number of nitrogens with zero attached hydrogens (tertiary/aromatic N) is 1. The minimum Gasteiger partial charge on any atom is -0.449 e. The van der Waals surface area contributed by atoms with Crippen LogP contribution >= 0.6 is 23.2 Å². The van der Waals surface area contributed by atoms with Gasteiger partial charge in [0.1, 0.15) is 11.2 Å². The van der Waals surface area contributed by atoms with E-state index in [1.807, 2.05) is 0 Å². The number of hydrogen-bond donors (Lipinski definition) is 1. The number of carboxylic acid groups (broad SMARTS) is 1. The average Bonchev–Trinajstić information content (AvgIpc) is 2.40. The summed E-state index contributed by atoms with van der Waals surface area (Å²) in [6, 6.07) is 5.51. The van der Waals surface area contributed by atoms with E-state index < -0.39 is 17.3 Å². The van der Waals surface area contributed by atoms with E-state index in [1.54, 1.807) is 0 Å². The van der Waals surface area contributed by atoms with Gasteiger partial charge in [0.15, 0.2) is 11.3 Å². The lowest BCUT2D eigenvalue weighted by Gasteiger charge is -2.10. The van der Waals surface area contributed by atoms with Crippen LogP contribution in [0.1, 0.15) is 0 Å². The van der Waals surface area contributed by atoms with Gasteiger partial charge in [-0.15, -0.1) is 0 Å². The summed E-state index contributed by atoms with van der Waals surface area (Å²) in [4.78, 5) is 26.6. The summed E-state index contributed by atoms with van der Waals surface area (Å²) < 4.78 is 9.98. The first-order valence-electron chi connectivity index (χ1n) is 5.59. The van der Waals surface area contributed by atoms with Crippen molar-refractivity contribution in [3.8, 4) is 17.2 Å². The highest BCUT2D eigenvalue weighted by Crippen LogP contribution is 2.34. The third-order valence-corrected chi connectivity index (χ3v) is 3.18. The molecule has 0 unspecified atom stereocenters. The molecule has 0 aromatic heterocycles. The lowest BCUT2D eigenvalue weighted by atomic mass is 10.2. The maximum atomic E-state index is 11.7. The molecule has 8 heteroatoms. The van der Waals surface area contributed by atoms with Crippen LogP contribution in [0.2, 0.25) is 10.0 Å². The lowest BCUT2D eigenvalue weighted by molar-refractivity contribution is 0.143. The van der Waals surface area contributed by atoms with E-state index in [0.717, 1.165) is 6.07 Å². The van der Waals surface area contributed by atoms with Crippen molar-refractivity contribution in [1.82, 2.24) is 4.98 Å². The molecule has 1 N–H and O–H groups in total. The molecule has 1 aliphatic carbocycles. The highest BCUT2D eigenvalue weighted by atomic mass is 35.5. The summed E-state index contributed by atoms with van der Waals surface area (Å²) in [7, 11) is 0. The van der Waals surface area contributed by atoms with Gasteiger partial charge < -0.3 is 14.3 Å². The van der Waals surface area contributed by atoms with E-state index in [4.69, 9.17) is 32.7 Å². The van der Waals surface area contributed by atoms with Crippen LogP contribution in [0.3, 0.4) is 0 Å². The number of hydrogen-bond acceptors (Lipinski definition) is 5. The van der Waals surface area contributed by atoms with Gasteiger partial charge in [-0.1, -0.05) is 23.2 Å². The van der Waals surface area contributed by atoms with E-state index in [1.165, 1.54) is 18.2 Å². The second kappa shape index (κ2) is 4.91. The largest absolute Gasteiger partial charge is 0.511 e. The van der Waals surface area contributed by atoms with Crippen molar-refractivity contribution in [3.05, 3.63) is 44.5 Å². The minimum absolute atomic E-state index is 0.0957. The van der Waals surface area contributed by atoms with Crippen molar-refractivity contribution in [3.63, 3.8) is 0 Å². The summed E-state index contributed by atoms with van der Waals surface area (Å²) in [5.41, 5.74) is 0.158. The first-order chi connectivity index (χ1) is 9.95. The van der Waals surface area contributed by atoms with Crippen LogP contribution in [-0.4, -0.2) is 16.2 Å². The fourth-order valence-corrected chi connectivity index (χ4v) is 2.39. The first-order valence-corrected chi connectivity index (χ1v) is 6.34. The molecule has 0 saturated heterocycles. The van der Waals surface area contributed by atoms with Crippen LogP contribution in [0.5, 0.6) is 5.75 Å². The maximum Gasteiger partial charge on any atom is 0.511 e. The average molecular weight is 326 g/mol.